The zero-order valence-corrected chi connectivity index (χ0v) is 20.6. The lowest BCUT2D eigenvalue weighted by molar-refractivity contribution is -0.121. The van der Waals surface area contributed by atoms with E-state index in [4.69, 9.17) is 0 Å². The first-order valence-corrected chi connectivity index (χ1v) is 13.1. The lowest BCUT2D eigenvalue weighted by Gasteiger charge is -2.36. The molecule has 2 aromatic carbocycles. The molecule has 180 valence electrons. The third-order valence-electron chi connectivity index (χ3n) is 6.33. The van der Waals surface area contributed by atoms with Crippen molar-refractivity contribution in [3.63, 3.8) is 0 Å². The number of aryl methyl sites for hydroxylation is 1. The fourth-order valence-corrected chi connectivity index (χ4v) is 5.80. The summed E-state index contributed by atoms with van der Waals surface area (Å²) in [4.78, 5) is 15.1. The second kappa shape index (κ2) is 10.1. The van der Waals surface area contributed by atoms with Crippen molar-refractivity contribution in [2.24, 2.45) is 0 Å². The van der Waals surface area contributed by atoms with Crippen LogP contribution in [0.1, 0.15) is 23.9 Å². The molecule has 8 nitrogen and oxygen atoms in total. The lowest BCUT2D eigenvalue weighted by Crippen LogP contribution is -2.54. The predicted molar refractivity (Wildman–Crippen MR) is 133 cm³/mol. The first kappa shape index (κ1) is 24.1. The Balaban J connectivity index is 1.37. The summed E-state index contributed by atoms with van der Waals surface area (Å²) in [6, 6.07) is 18.6. The SMILES string of the molecule is Cc1nn(-c2ccccc2)c(C)c1NC(=O)C(C)N1CCN(S(=O)(=O)Cc2ccccc2)CC1. The van der Waals surface area contributed by atoms with Crippen LogP contribution in [0.3, 0.4) is 0 Å². The summed E-state index contributed by atoms with van der Waals surface area (Å²) in [7, 11) is -3.39. The second-order valence-electron chi connectivity index (χ2n) is 8.64. The van der Waals surface area contributed by atoms with Crippen LogP contribution in [0.15, 0.2) is 60.7 Å². The third-order valence-corrected chi connectivity index (χ3v) is 8.18. The normalized spacial score (nSPS) is 16.3. The minimum atomic E-state index is -3.39. The summed E-state index contributed by atoms with van der Waals surface area (Å²) in [5, 5.41) is 7.64. The number of nitrogens with zero attached hydrogens (tertiary/aromatic N) is 4. The number of anilines is 1. The molecule has 0 saturated carbocycles. The maximum absolute atomic E-state index is 13.1. The molecule has 1 N–H and O–H groups in total. The van der Waals surface area contributed by atoms with E-state index >= 15 is 0 Å². The maximum atomic E-state index is 13.1. The minimum Gasteiger partial charge on any atom is -0.322 e. The van der Waals surface area contributed by atoms with Gasteiger partial charge in [-0.15, -0.1) is 0 Å². The Morgan fingerprint density at radius 2 is 1.56 bits per heavy atom. The van der Waals surface area contributed by atoms with Crippen molar-refractivity contribution >= 4 is 21.6 Å². The van der Waals surface area contributed by atoms with E-state index in [2.05, 4.69) is 10.4 Å². The topological polar surface area (TPSA) is 87.5 Å². The molecule has 1 fully saturated rings. The third kappa shape index (κ3) is 5.22. The Labute approximate surface area is 201 Å². The van der Waals surface area contributed by atoms with Crippen molar-refractivity contribution in [1.29, 1.82) is 0 Å². The Bertz CT molecular complexity index is 1230. The smallest absolute Gasteiger partial charge is 0.241 e. The number of para-hydroxylation sites is 1. The highest BCUT2D eigenvalue weighted by Crippen LogP contribution is 2.23. The number of carbonyl (C=O) groups is 1. The maximum Gasteiger partial charge on any atom is 0.241 e. The zero-order valence-electron chi connectivity index (χ0n) is 19.8. The van der Waals surface area contributed by atoms with Crippen LogP contribution in [-0.2, 0) is 20.6 Å². The van der Waals surface area contributed by atoms with Gasteiger partial charge >= 0.3 is 0 Å². The molecule has 1 unspecified atom stereocenters. The van der Waals surface area contributed by atoms with Gasteiger partial charge < -0.3 is 5.32 Å². The summed E-state index contributed by atoms with van der Waals surface area (Å²) in [5.74, 6) is -0.132. The van der Waals surface area contributed by atoms with E-state index in [0.29, 0.717) is 31.9 Å². The molecule has 1 saturated heterocycles. The highest BCUT2D eigenvalue weighted by atomic mass is 32.2. The van der Waals surface area contributed by atoms with Gasteiger partial charge in [-0.1, -0.05) is 48.5 Å². The predicted octanol–water partition coefficient (Wildman–Crippen LogP) is 2.96. The number of benzene rings is 2. The minimum absolute atomic E-state index is 0.00611. The molecule has 34 heavy (non-hydrogen) atoms. The van der Waals surface area contributed by atoms with Crippen LogP contribution in [0.25, 0.3) is 5.69 Å². The van der Waals surface area contributed by atoms with Gasteiger partial charge in [0.1, 0.15) is 0 Å². The lowest BCUT2D eigenvalue weighted by atomic mass is 10.2. The summed E-state index contributed by atoms with van der Waals surface area (Å²) in [5.41, 5.74) is 4.04. The van der Waals surface area contributed by atoms with Gasteiger partial charge in [0.25, 0.3) is 0 Å². The molecule has 3 aromatic rings. The molecule has 0 spiro atoms. The molecular formula is C25H31N5O3S. The van der Waals surface area contributed by atoms with Crippen molar-refractivity contribution in [3.05, 3.63) is 77.6 Å². The van der Waals surface area contributed by atoms with Gasteiger partial charge in [-0.25, -0.2) is 13.1 Å². The van der Waals surface area contributed by atoms with E-state index in [1.165, 1.54) is 4.31 Å². The molecule has 1 amide bonds. The highest BCUT2D eigenvalue weighted by molar-refractivity contribution is 7.88. The quantitative estimate of drug-likeness (QED) is 0.561. The molecule has 0 bridgehead atoms. The molecule has 1 atom stereocenters. The van der Waals surface area contributed by atoms with E-state index in [9.17, 15) is 13.2 Å². The number of nitrogens with one attached hydrogen (secondary N) is 1. The zero-order chi connectivity index (χ0) is 24.3. The Hall–Kier alpha value is -3.01. The van der Waals surface area contributed by atoms with Crippen LogP contribution in [0.5, 0.6) is 0 Å². The average molecular weight is 482 g/mol. The van der Waals surface area contributed by atoms with Gasteiger partial charge in [0, 0.05) is 26.2 Å². The summed E-state index contributed by atoms with van der Waals surface area (Å²) >= 11 is 0. The van der Waals surface area contributed by atoms with Crippen molar-refractivity contribution in [2.75, 3.05) is 31.5 Å². The number of rotatable bonds is 7. The standard InChI is InChI=1S/C25H31N5O3S/c1-19-24(20(2)30(27-19)23-12-8-5-9-13-23)26-25(31)21(3)28-14-16-29(17-15-28)34(32,33)18-22-10-6-4-7-11-22/h4-13,21H,14-18H2,1-3H3,(H,26,31). The molecule has 0 aliphatic carbocycles. The van der Waals surface area contributed by atoms with Crippen LogP contribution in [0, 0.1) is 13.8 Å². The molecule has 0 radical (unpaired) electrons. The van der Waals surface area contributed by atoms with Gasteiger partial charge in [0.15, 0.2) is 0 Å². The summed E-state index contributed by atoms with van der Waals surface area (Å²) in [6.07, 6.45) is 0. The van der Waals surface area contributed by atoms with Crippen molar-refractivity contribution in [2.45, 2.75) is 32.6 Å². The Kier molecular flexibility index (Phi) is 7.16. The van der Waals surface area contributed by atoms with Gasteiger partial charge in [-0.3, -0.25) is 9.69 Å². The number of sulfonamides is 1. The Morgan fingerprint density at radius 1 is 0.971 bits per heavy atom. The van der Waals surface area contributed by atoms with Gasteiger partial charge in [0.05, 0.1) is 34.6 Å². The Morgan fingerprint density at radius 3 is 2.18 bits per heavy atom. The number of hydrogen-bond donors (Lipinski definition) is 1. The van der Waals surface area contributed by atoms with Crippen molar-refractivity contribution in [1.82, 2.24) is 19.0 Å². The van der Waals surface area contributed by atoms with Crippen LogP contribution in [0.2, 0.25) is 0 Å². The molecule has 2 heterocycles. The first-order valence-electron chi connectivity index (χ1n) is 11.4. The largest absolute Gasteiger partial charge is 0.322 e. The summed E-state index contributed by atoms with van der Waals surface area (Å²) in [6.45, 7) is 7.42. The number of carbonyl (C=O) groups excluding carboxylic acids is 1. The van der Waals surface area contributed by atoms with Crippen LogP contribution < -0.4 is 5.32 Å². The van der Waals surface area contributed by atoms with E-state index in [1.807, 2.05) is 91.0 Å². The van der Waals surface area contributed by atoms with Crippen LogP contribution in [0.4, 0.5) is 5.69 Å². The van der Waals surface area contributed by atoms with Crippen LogP contribution in [-0.4, -0.2) is 65.5 Å². The van der Waals surface area contributed by atoms with Gasteiger partial charge in [-0.05, 0) is 38.5 Å². The molecule has 4 rings (SSSR count). The van der Waals surface area contributed by atoms with E-state index in [0.717, 1.165) is 22.6 Å². The number of piperazine rings is 1. The highest BCUT2D eigenvalue weighted by Gasteiger charge is 2.31. The monoisotopic (exact) mass is 481 g/mol. The second-order valence-corrected chi connectivity index (χ2v) is 10.6. The fourth-order valence-electron chi connectivity index (χ4n) is 4.28. The molecule has 9 heteroatoms. The summed E-state index contributed by atoms with van der Waals surface area (Å²) < 4.78 is 29.0. The average Bonchev–Trinajstić information content (AvgIpc) is 3.13. The van der Waals surface area contributed by atoms with Crippen molar-refractivity contribution in [3.8, 4) is 5.69 Å². The van der Waals surface area contributed by atoms with E-state index in [1.54, 1.807) is 0 Å². The number of hydrogen-bond acceptors (Lipinski definition) is 5. The molecule has 1 aliphatic rings. The molecular weight excluding hydrogens is 450 g/mol. The first-order chi connectivity index (χ1) is 16.3. The van der Waals surface area contributed by atoms with E-state index in [-0.39, 0.29) is 11.7 Å². The molecule has 1 aliphatic heterocycles. The van der Waals surface area contributed by atoms with Crippen LogP contribution >= 0.6 is 0 Å². The molecule has 1 aromatic heterocycles. The van der Waals surface area contributed by atoms with E-state index < -0.39 is 16.1 Å². The van der Waals surface area contributed by atoms with Gasteiger partial charge in [0.2, 0.25) is 15.9 Å². The fraction of sp³-hybridized carbons (Fsp3) is 0.360. The van der Waals surface area contributed by atoms with Gasteiger partial charge in [-0.2, -0.15) is 9.40 Å². The van der Waals surface area contributed by atoms with Crippen molar-refractivity contribution < 1.29 is 13.2 Å². The number of amides is 1. The number of aromatic nitrogens is 2.